The number of halogens is 3. The maximum absolute atomic E-state index is 13.8. The molecule has 0 unspecified atom stereocenters. The molecule has 0 aliphatic heterocycles. The van der Waals surface area contributed by atoms with Crippen molar-refractivity contribution in [1.29, 1.82) is 0 Å². The largest absolute Gasteiger partial charge is 0.488 e. The summed E-state index contributed by atoms with van der Waals surface area (Å²) in [5.74, 6) is 0.439. The molecule has 142 valence electrons. The van der Waals surface area contributed by atoms with Gasteiger partial charge in [0, 0.05) is 29.2 Å². The van der Waals surface area contributed by atoms with Crippen LogP contribution in [-0.2, 0) is 19.7 Å². The number of rotatable bonds is 7. The van der Waals surface area contributed by atoms with Gasteiger partial charge in [-0.1, -0.05) is 59.6 Å². The molecule has 0 aliphatic carbocycles. The van der Waals surface area contributed by atoms with Gasteiger partial charge >= 0.3 is 0 Å². The van der Waals surface area contributed by atoms with Gasteiger partial charge in [0.2, 0.25) is 0 Å². The van der Waals surface area contributed by atoms with Crippen molar-refractivity contribution in [3.8, 4) is 5.75 Å². The topological polar surface area (TPSA) is 21.3 Å². The molecular weight excluding hydrogens is 384 g/mol. The Balaban J connectivity index is 0.00000261. The van der Waals surface area contributed by atoms with Gasteiger partial charge in [-0.3, -0.25) is 0 Å². The molecule has 0 fully saturated rings. The van der Waals surface area contributed by atoms with Gasteiger partial charge in [-0.2, -0.15) is 0 Å². The first-order valence-corrected chi connectivity index (χ1v) is 8.90. The quantitative estimate of drug-likeness (QED) is 0.514. The van der Waals surface area contributed by atoms with Crippen LogP contribution in [0, 0.1) is 12.7 Å². The third kappa shape index (κ3) is 6.24. The van der Waals surface area contributed by atoms with Crippen molar-refractivity contribution in [2.24, 2.45) is 0 Å². The van der Waals surface area contributed by atoms with Gasteiger partial charge in [-0.25, -0.2) is 4.39 Å². The fourth-order valence-electron chi connectivity index (χ4n) is 2.65. The highest BCUT2D eigenvalue weighted by atomic mass is 35.5. The van der Waals surface area contributed by atoms with Gasteiger partial charge in [0.15, 0.2) is 0 Å². The molecule has 0 amide bonds. The summed E-state index contributed by atoms with van der Waals surface area (Å²) in [5, 5.41) is 4.05. The van der Waals surface area contributed by atoms with E-state index in [4.69, 9.17) is 16.3 Å². The molecule has 2 nitrogen and oxygen atoms in total. The lowest BCUT2D eigenvalue weighted by Crippen LogP contribution is -2.13. The summed E-state index contributed by atoms with van der Waals surface area (Å²) in [5.41, 5.74) is 3.93. The molecule has 3 aromatic rings. The van der Waals surface area contributed by atoms with Gasteiger partial charge in [0.05, 0.1) is 0 Å². The minimum Gasteiger partial charge on any atom is -0.488 e. The molecule has 27 heavy (non-hydrogen) atoms. The highest BCUT2D eigenvalue weighted by Crippen LogP contribution is 2.24. The van der Waals surface area contributed by atoms with Crippen LogP contribution >= 0.6 is 24.0 Å². The number of ether oxygens (including phenoxy) is 1. The first kappa shape index (κ1) is 21.2. The summed E-state index contributed by atoms with van der Waals surface area (Å²) >= 11 is 6.13. The van der Waals surface area contributed by atoms with Crippen LogP contribution in [0.15, 0.2) is 66.7 Å². The van der Waals surface area contributed by atoms with Crippen molar-refractivity contribution < 1.29 is 9.13 Å². The lowest BCUT2D eigenvalue weighted by atomic mass is 10.1. The van der Waals surface area contributed by atoms with Crippen molar-refractivity contribution >= 4 is 24.0 Å². The summed E-state index contributed by atoms with van der Waals surface area (Å²) in [6.45, 7) is 3.61. The second kappa shape index (κ2) is 10.3. The maximum atomic E-state index is 13.8. The van der Waals surface area contributed by atoms with Gasteiger partial charge in [0.25, 0.3) is 0 Å². The van der Waals surface area contributed by atoms with E-state index in [9.17, 15) is 4.39 Å². The standard InChI is InChI=1S/C22H21ClFNO.ClH/c1-16-6-8-17(9-7-16)13-25-14-19-12-20(23)10-11-22(19)26-15-18-4-2-3-5-21(18)24;/h2-12,25H,13-15H2,1H3;1H. The van der Waals surface area contributed by atoms with E-state index in [1.807, 2.05) is 12.1 Å². The summed E-state index contributed by atoms with van der Waals surface area (Å²) in [6.07, 6.45) is 0. The number of hydrogen-bond donors (Lipinski definition) is 1. The fourth-order valence-corrected chi connectivity index (χ4v) is 2.84. The molecule has 0 saturated carbocycles. The summed E-state index contributed by atoms with van der Waals surface area (Å²) < 4.78 is 19.6. The average Bonchev–Trinajstić information content (AvgIpc) is 2.64. The smallest absolute Gasteiger partial charge is 0.129 e. The van der Waals surface area contributed by atoms with E-state index in [-0.39, 0.29) is 24.8 Å². The minimum atomic E-state index is -0.263. The SMILES string of the molecule is Cc1ccc(CNCc2cc(Cl)ccc2OCc2ccccc2F)cc1.Cl. The number of nitrogens with one attached hydrogen (secondary N) is 1. The molecule has 1 N–H and O–H groups in total. The third-order valence-corrected chi connectivity index (χ3v) is 4.36. The molecule has 0 aromatic heterocycles. The first-order valence-electron chi connectivity index (χ1n) is 8.53. The Morgan fingerprint density at radius 2 is 1.67 bits per heavy atom. The zero-order valence-corrected chi connectivity index (χ0v) is 16.6. The monoisotopic (exact) mass is 405 g/mol. The third-order valence-electron chi connectivity index (χ3n) is 4.13. The Labute approximate surface area is 170 Å². The van der Waals surface area contributed by atoms with Gasteiger partial charge in [-0.05, 0) is 36.8 Å². The maximum Gasteiger partial charge on any atom is 0.129 e. The van der Waals surface area contributed by atoms with Crippen LogP contribution in [-0.4, -0.2) is 0 Å². The Morgan fingerprint density at radius 3 is 2.41 bits per heavy atom. The van der Waals surface area contributed by atoms with E-state index in [2.05, 4.69) is 36.5 Å². The second-order valence-electron chi connectivity index (χ2n) is 6.22. The lowest BCUT2D eigenvalue weighted by molar-refractivity contribution is 0.296. The Morgan fingerprint density at radius 1 is 0.926 bits per heavy atom. The summed E-state index contributed by atoms with van der Waals surface area (Å²) in [6, 6.07) is 20.5. The van der Waals surface area contributed by atoms with Crippen LogP contribution in [0.2, 0.25) is 5.02 Å². The predicted molar refractivity (Wildman–Crippen MR) is 111 cm³/mol. The molecule has 3 aromatic carbocycles. The highest BCUT2D eigenvalue weighted by molar-refractivity contribution is 6.30. The highest BCUT2D eigenvalue weighted by Gasteiger charge is 2.07. The molecule has 0 saturated heterocycles. The summed E-state index contributed by atoms with van der Waals surface area (Å²) in [7, 11) is 0. The predicted octanol–water partition coefficient (Wildman–Crippen LogP) is 6.08. The molecule has 0 aliphatic rings. The van der Waals surface area contributed by atoms with Crippen molar-refractivity contribution in [3.63, 3.8) is 0 Å². The van der Waals surface area contributed by atoms with Crippen molar-refractivity contribution in [2.45, 2.75) is 26.6 Å². The van der Waals surface area contributed by atoms with E-state index in [0.717, 1.165) is 12.1 Å². The van der Waals surface area contributed by atoms with Crippen molar-refractivity contribution in [3.05, 3.63) is 99.8 Å². The first-order chi connectivity index (χ1) is 12.6. The normalized spacial score (nSPS) is 10.3. The van der Waals surface area contributed by atoms with Gasteiger partial charge in [-0.15, -0.1) is 12.4 Å². The second-order valence-corrected chi connectivity index (χ2v) is 6.66. The number of benzene rings is 3. The van der Waals surface area contributed by atoms with E-state index in [0.29, 0.717) is 22.9 Å². The molecule has 3 rings (SSSR count). The molecule has 0 heterocycles. The summed E-state index contributed by atoms with van der Waals surface area (Å²) in [4.78, 5) is 0. The van der Waals surface area contributed by atoms with E-state index in [1.165, 1.54) is 17.2 Å². The van der Waals surface area contributed by atoms with Crippen LogP contribution in [0.5, 0.6) is 5.75 Å². The van der Waals surface area contributed by atoms with E-state index >= 15 is 0 Å². The van der Waals surface area contributed by atoms with Crippen LogP contribution in [0.25, 0.3) is 0 Å². The molecular formula is C22H22Cl2FNO. The fraction of sp³-hybridized carbons (Fsp3) is 0.182. The number of hydrogen-bond acceptors (Lipinski definition) is 2. The Bertz CT molecular complexity index is 868. The molecule has 0 radical (unpaired) electrons. The average molecular weight is 406 g/mol. The molecule has 0 bridgehead atoms. The van der Waals surface area contributed by atoms with Crippen LogP contribution in [0.1, 0.15) is 22.3 Å². The zero-order valence-electron chi connectivity index (χ0n) is 15.0. The minimum absolute atomic E-state index is 0. The van der Waals surface area contributed by atoms with Crippen LogP contribution < -0.4 is 10.1 Å². The van der Waals surface area contributed by atoms with Gasteiger partial charge in [0.1, 0.15) is 18.2 Å². The molecule has 0 spiro atoms. The Kier molecular flexibility index (Phi) is 8.11. The van der Waals surface area contributed by atoms with Crippen molar-refractivity contribution in [1.82, 2.24) is 5.32 Å². The van der Waals surface area contributed by atoms with Crippen molar-refractivity contribution in [2.75, 3.05) is 0 Å². The Hall–Kier alpha value is -2.07. The molecule has 0 atom stereocenters. The lowest BCUT2D eigenvalue weighted by Gasteiger charge is -2.13. The zero-order chi connectivity index (χ0) is 18.4. The van der Waals surface area contributed by atoms with Crippen LogP contribution in [0.3, 0.4) is 0 Å². The van der Waals surface area contributed by atoms with E-state index < -0.39 is 0 Å². The number of aryl methyl sites for hydroxylation is 1. The molecule has 5 heteroatoms. The van der Waals surface area contributed by atoms with Crippen LogP contribution in [0.4, 0.5) is 4.39 Å². The van der Waals surface area contributed by atoms with Gasteiger partial charge < -0.3 is 10.1 Å². The van der Waals surface area contributed by atoms with E-state index in [1.54, 1.807) is 24.3 Å².